The predicted octanol–water partition coefficient (Wildman–Crippen LogP) is 6.75. The lowest BCUT2D eigenvalue weighted by Crippen LogP contribution is -2.54. The zero-order valence-electron chi connectivity index (χ0n) is 25.9. The van der Waals surface area contributed by atoms with E-state index in [1.165, 1.54) is 17.0 Å². The van der Waals surface area contributed by atoms with Gasteiger partial charge in [-0.1, -0.05) is 77.8 Å². The van der Waals surface area contributed by atoms with Gasteiger partial charge in [0.25, 0.3) is 10.0 Å². The van der Waals surface area contributed by atoms with Gasteiger partial charge in [0, 0.05) is 29.1 Å². The lowest BCUT2D eigenvalue weighted by Gasteiger charge is -2.34. The molecule has 242 valence electrons. The van der Waals surface area contributed by atoms with E-state index in [0.29, 0.717) is 33.7 Å². The summed E-state index contributed by atoms with van der Waals surface area (Å²) >= 11 is 12.7. The molecule has 8 nitrogen and oxygen atoms in total. The summed E-state index contributed by atoms with van der Waals surface area (Å²) in [4.78, 5) is 29.7. The maximum atomic E-state index is 14.5. The van der Waals surface area contributed by atoms with E-state index in [0.717, 1.165) is 9.87 Å². The van der Waals surface area contributed by atoms with Crippen LogP contribution in [0.3, 0.4) is 0 Å². The van der Waals surface area contributed by atoms with Crippen molar-refractivity contribution in [3.8, 4) is 5.75 Å². The van der Waals surface area contributed by atoms with E-state index < -0.39 is 28.5 Å². The molecule has 46 heavy (non-hydrogen) atoms. The quantitative estimate of drug-likeness (QED) is 0.159. The molecule has 0 saturated carbocycles. The Hall–Kier alpha value is -4.05. The summed E-state index contributed by atoms with van der Waals surface area (Å²) < 4.78 is 34.8. The van der Waals surface area contributed by atoms with Crippen molar-refractivity contribution in [2.75, 3.05) is 17.5 Å². The van der Waals surface area contributed by atoms with Gasteiger partial charge in [-0.15, -0.1) is 0 Å². The minimum atomic E-state index is -4.24. The van der Waals surface area contributed by atoms with Crippen molar-refractivity contribution < 1.29 is 22.7 Å². The summed E-state index contributed by atoms with van der Waals surface area (Å²) in [5, 5.41) is 3.67. The van der Waals surface area contributed by atoms with E-state index >= 15 is 0 Å². The Balaban J connectivity index is 1.79. The third-order valence-electron chi connectivity index (χ3n) is 7.10. The number of carbonyl (C=O) groups is 2. The van der Waals surface area contributed by atoms with Gasteiger partial charge in [-0.05, 0) is 80.4 Å². The number of nitrogens with one attached hydrogen (secondary N) is 1. The van der Waals surface area contributed by atoms with Crippen LogP contribution < -0.4 is 14.4 Å². The highest BCUT2D eigenvalue weighted by atomic mass is 35.5. The first kappa shape index (κ1) is 34.8. The van der Waals surface area contributed by atoms with Crippen LogP contribution in [0.5, 0.6) is 5.75 Å². The van der Waals surface area contributed by atoms with E-state index in [2.05, 4.69) is 5.32 Å². The molecule has 0 fully saturated rings. The Morgan fingerprint density at radius 3 is 2.09 bits per heavy atom. The summed E-state index contributed by atoms with van der Waals surface area (Å²) in [6.45, 7) is 5.29. The Morgan fingerprint density at radius 1 is 0.870 bits per heavy atom. The number of halogens is 2. The van der Waals surface area contributed by atoms with E-state index in [-0.39, 0.29) is 29.8 Å². The molecular weight excluding hydrogens is 645 g/mol. The van der Waals surface area contributed by atoms with E-state index in [1.807, 2.05) is 51.1 Å². The number of carbonyl (C=O) groups excluding carboxylic acids is 2. The second-order valence-electron chi connectivity index (χ2n) is 10.9. The maximum Gasteiger partial charge on any atom is 0.264 e. The monoisotopic (exact) mass is 681 g/mol. The van der Waals surface area contributed by atoms with Crippen LogP contribution >= 0.6 is 23.2 Å². The number of amides is 2. The average Bonchev–Trinajstić information content (AvgIpc) is 3.03. The van der Waals surface area contributed by atoms with E-state index in [9.17, 15) is 18.0 Å². The molecule has 0 spiro atoms. The molecule has 11 heteroatoms. The summed E-state index contributed by atoms with van der Waals surface area (Å²) in [5.74, 6) is -0.447. The van der Waals surface area contributed by atoms with Gasteiger partial charge in [0.1, 0.15) is 18.3 Å². The van der Waals surface area contributed by atoms with Gasteiger partial charge < -0.3 is 15.0 Å². The lowest BCUT2D eigenvalue weighted by molar-refractivity contribution is -0.140. The predicted molar refractivity (Wildman–Crippen MR) is 183 cm³/mol. The van der Waals surface area contributed by atoms with Gasteiger partial charge >= 0.3 is 0 Å². The van der Waals surface area contributed by atoms with Crippen molar-refractivity contribution >= 4 is 50.7 Å². The number of rotatable bonds is 14. The highest BCUT2D eigenvalue weighted by Gasteiger charge is 2.35. The molecule has 1 unspecified atom stereocenters. The molecule has 0 aliphatic heterocycles. The second-order valence-corrected chi connectivity index (χ2v) is 13.6. The first-order valence-corrected chi connectivity index (χ1v) is 17.1. The normalized spacial score (nSPS) is 12.0. The van der Waals surface area contributed by atoms with Gasteiger partial charge in [-0.25, -0.2) is 8.42 Å². The molecule has 4 aromatic rings. The Bertz CT molecular complexity index is 1720. The minimum absolute atomic E-state index is 0.0155. The van der Waals surface area contributed by atoms with Crippen LogP contribution in [0.15, 0.2) is 108 Å². The molecular formula is C35H37Cl2N3O5S. The zero-order valence-corrected chi connectivity index (χ0v) is 28.2. The number of benzene rings is 4. The molecule has 0 radical (unpaired) electrons. The summed E-state index contributed by atoms with van der Waals surface area (Å²) in [6, 6.07) is 27.5. The second kappa shape index (κ2) is 16.0. The van der Waals surface area contributed by atoms with Crippen LogP contribution in [0.2, 0.25) is 10.0 Å². The first-order chi connectivity index (χ1) is 22.0. The molecule has 0 saturated heterocycles. The largest absolute Gasteiger partial charge is 0.494 e. The van der Waals surface area contributed by atoms with Gasteiger partial charge in [-0.2, -0.15) is 0 Å². The fourth-order valence-corrected chi connectivity index (χ4v) is 6.78. The summed E-state index contributed by atoms with van der Waals surface area (Å²) in [6.07, 6.45) is 0.188. The van der Waals surface area contributed by atoms with Crippen LogP contribution in [0.4, 0.5) is 5.69 Å². The van der Waals surface area contributed by atoms with Crippen LogP contribution in [-0.2, 0) is 32.6 Å². The number of nitrogens with zero attached hydrogens (tertiary/aromatic N) is 2. The zero-order chi connectivity index (χ0) is 33.3. The van der Waals surface area contributed by atoms with E-state index in [1.54, 1.807) is 60.7 Å². The fraction of sp³-hybridized carbons (Fsp3) is 0.257. The SMILES string of the molecule is CCOc1ccc(S(=O)(=O)N(CC(=O)N(Cc2ccc(Cl)cc2Cl)C(Cc2ccccc2)C(=O)NC(C)C)c2ccccc2)cc1. The van der Waals surface area contributed by atoms with Crippen LogP contribution in [-0.4, -0.2) is 50.4 Å². The van der Waals surface area contributed by atoms with Crippen molar-refractivity contribution in [2.45, 2.75) is 50.7 Å². The van der Waals surface area contributed by atoms with Crippen LogP contribution in [0, 0.1) is 0 Å². The topological polar surface area (TPSA) is 96.0 Å². The van der Waals surface area contributed by atoms with Crippen LogP contribution in [0.1, 0.15) is 31.9 Å². The van der Waals surface area contributed by atoms with Crippen LogP contribution in [0.25, 0.3) is 0 Å². The molecule has 1 N–H and O–H groups in total. The third-order valence-corrected chi connectivity index (χ3v) is 9.48. The highest BCUT2D eigenvalue weighted by Crippen LogP contribution is 2.28. The summed E-state index contributed by atoms with van der Waals surface area (Å²) in [7, 11) is -4.24. The molecule has 4 aromatic carbocycles. The van der Waals surface area contributed by atoms with Gasteiger partial charge in [0.15, 0.2) is 0 Å². The maximum absolute atomic E-state index is 14.5. The molecule has 4 rings (SSSR count). The lowest BCUT2D eigenvalue weighted by atomic mass is 10.0. The van der Waals surface area contributed by atoms with Gasteiger partial charge in [-0.3, -0.25) is 13.9 Å². The average molecular weight is 683 g/mol. The number of hydrogen-bond acceptors (Lipinski definition) is 5. The molecule has 0 bridgehead atoms. The van der Waals surface area contributed by atoms with Crippen molar-refractivity contribution in [3.05, 3.63) is 124 Å². The standard InChI is InChI=1S/C35H37Cl2N3O5S/c1-4-45-30-17-19-31(20-18-30)46(43,44)40(29-13-9-6-10-14-29)24-34(41)39(23-27-15-16-28(36)22-32(27)37)33(35(42)38-25(2)3)21-26-11-7-5-8-12-26/h5-20,22,25,33H,4,21,23-24H2,1-3H3,(H,38,42). The Morgan fingerprint density at radius 2 is 1.50 bits per heavy atom. The number of anilines is 1. The molecule has 0 aromatic heterocycles. The Kier molecular flexibility index (Phi) is 12.1. The molecule has 1 atom stereocenters. The highest BCUT2D eigenvalue weighted by molar-refractivity contribution is 7.92. The van der Waals surface area contributed by atoms with Crippen molar-refractivity contribution in [1.29, 1.82) is 0 Å². The smallest absolute Gasteiger partial charge is 0.264 e. The third kappa shape index (κ3) is 9.02. The number of ether oxygens (including phenoxy) is 1. The molecule has 0 heterocycles. The van der Waals surface area contributed by atoms with Crippen molar-refractivity contribution in [3.63, 3.8) is 0 Å². The van der Waals surface area contributed by atoms with Crippen molar-refractivity contribution in [1.82, 2.24) is 10.2 Å². The number of hydrogen-bond donors (Lipinski definition) is 1. The molecule has 2 amide bonds. The number of sulfonamides is 1. The Labute approximate surface area is 280 Å². The molecule has 0 aliphatic rings. The first-order valence-electron chi connectivity index (χ1n) is 14.9. The minimum Gasteiger partial charge on any atom is -0.494 e. The summed E-state index contributed by atoms with van der Waals surface area (Å²) in [5.41, 5.74) is 1.67. The van der Waals surface area contributed by atoms with E-state index in [4.69, 9.17) is 27.9 Å². The molecule has 0 aliphatic carbocycles. The number of para-hydroxylation sites is 1. The van der Waals surface area contributed by atoms with Gasteiger partial charge in [0.05, 0.1) is 17.2 Å². The van der Waals surface area contributed by atoms with Gasteiger partial charge in [0.2, 0.25) is 11.8 Å². The van der Waals surface area contributed by atoms with Crippen molar-refractivity contribution in [2.24, 2.45) is 0 Å². The fourth-order valence-electron chi connectivity index (χ4n) is 4.89.